The SMILES string of the molecule is N#CC1(c2ccc([N+](=O)[O-])cc2)CC1CO. The van der Waals surface area contributed by atoms with Gasteiger partial charge in [-0.1, -0.05) is 12.1 Å². The van der Waals surface area contributed by atoms with E-state index in [1.54, 1.807) is 12.1 Å². The van der Waals surface area contributed by atoms with Gasteiger partial charge in [-0.05, 0) is 12.0 Å². The van der Waals surface area contributed by atoms with Crippen LogP contribution in [0, 0.1) is 27.4 Å². The van der Waals surface area contributed by atoms with Gasteiger partial charge >= 0.3 is 0 Å². The van der Waals surface area contributed by atoms with Crippen LogP contribution in [-0.2, 0) is 5.41 Å². The number of nitro groups is 1. The van der Waals surface area contributed by atoms with Gasteiger partial charge in [-0.15, -0.1) is 0 Å². The van der Waals surface area contributed by atoms with Crippen molar-refractivity contribution in [1.82, 2.24) is 0 Å². The second kappa shape index (κ2) is 3.58. The molecule has 1 aliphatic rings. The van der Waals surface area contributed by atoms with Gasteiger partial charge in [-0.2, -0.15) is 5.26 Å². The Morgan fingerprint density at radius 2 is 2.19 bits per heavy atom. The summed E-state index contributed by atoms with van der Waals surface area (Å²) in [4.78, 5) is 10.00. The molecule has 1 aromatic rings. The van der Waals surface area contributed by atoms with Crippen molar-refractivity contribution >= 4 is 5.69 Å². The summed E-state index contributed by atoms with van der Waals surface area (Å²) in [6.07, 6.45) is 0.623. The minimum absolute atomic E-state index is 0.0121. The second-order valence-electron chi connectivity index (χ2n) is 3.97. The Bertz CT molecular complexity index is 463. The molecule has 0 aliphatic heterocycles. The van der Waals surface area contributed by atoms with E-state index in [1.807, 2.05) is 0 Å². The Morgan fingerprint density at radius 1 is 1.56 bits per heavy atom. The summed E-state index contributed by atoms with van der Waals surface area (Å²) in [5, 5.41) is 28.6. The quantitative estimate of drug-likeness (QED) is 0.613. The zero-order valence-corrected chi connectivity index (χ0v) is 8.46. The summed E-state index contributed by atoms with van der Waals surface area (Å²) in [6.45, 7) is -0.0233. The molecule has 1 N–H and O–H groups in total. The highest BCUT2D eigenvalue weighted by Gasteiger charge is 2.55. The standard InChI is InChI=1S/C11H10N2O3/c12-7-11(5-9(11)6-14)8-1-3-10(4-2-8)13(15)16/h1-4,9,14H,5-6H2. The van der Waals surface area contributed by atoms with Gasteiger partial charge in [-0.3, -0.25) is 10.1 Å². The fourth-order valence-corrected chi connectivity index (χ4v) is 1.99. The van der Waals surface area contributed by atoms with Gasteiger partial charge in [0.1, 0.15) is 0 Å². The molecule has 0 amide bonds. The van der Waals surface area contributed by atoms with Crippen LogP contribution in [0.1, 0.15) is 12.0 Å². The van der Waals surface area contributed by atoms with Crippen molar-refractivity contribution in [2.45, 2.75) is 11.8 Å². The topological polar surface area (TPSA) is 87.2 Å². The fourth-order valence-electron chi connectivity index (χ4n) is 1.99. The van der Waals surface area contributed by atoms with Gasteiger partial charge < -0.3 is 5.11 Å². The van der Waals surface area contributed by atoms with Crippen LogP contribution >= 0.6 is 0 Å². The Labute approximate surface area is 92.1 Å². The van der Waals surface area contributed by atoms with E-state index < -0.39 is 10.3 Å². The molecule has 0 spiro atoms. The zero-order valence-electron chi connectivity index (χ0n) is 8.46. The number of hydrogen-bond acceptors (Lipinski definition) is 4. The molecular weight excluding hydrogens is 208 g/mol. The Kier molecular flexibility index (Phi) is 2.37. The average Bonchev–Trinajstić information content (AvgIpc) is 3.04. The predicted octanol–water partition coefficient (Wildman–Crippen LogP) is 1.37. The monoisotopic (exact) mass is 218 g/mol. The molecular formula is C11H10N2O3. The third-order valence-corrected chi connectivity index (χ3v) is 3.12. The van der Waals surface area contributed by atoms with E-state index in [0.29, 0.717) is 6.42 Å². The molecule has 2 atom stereocenters. The minimum atomic E-state index is -0.635. The lowest BCUT2D eigenvalue weighted by Gasteiger charge is -2.07. The molecule has 16 heavy (non-hydrogen) atoms. The average molecular weight is 218 g/mol. The smallest absolute Gasteiger partial charge is 0.269 e. The first-order valence-electron chi connectivity index (χ1n) is 4.91. The van der Waals surface area contributed by atoms with Crippen LogP contribution in [0.2, 0.25) is 0 Å². The van der Waals surface area contributed by atoms with Crippen LogP contribution < -0.4 is 0 Å². The van der Waals surface area contributed by atoms with Gasteiger partial charge in [0.25, 0.3) is 5.69 Å². The van der Waals surface area contributed by atoms with Crippen LogP contribution in [0.5, 0.6) is 0 Å². The molecule has 1 saturated carbocycles. The van der Waals surface area contributed by atoms with Crippen LogP contribution in [0.4, 0.5) is 5.69 Å². The van der Waals surface area contributed by atoms with E-state index in [4.69, 9.17) is 10.4 Å². The lowest BCUT2D eigenvalue weighted by Crippen LogP contribution is -2.09. The number of aliphatic hydroxyl groups is 1. The number of benzene rings is 1. The Balaban J connectivity index is 2.30. The van der Waals surface area contributed by atoms with Crippen LogP contribution in [-0.4, -0.2) is 16.6 Å². The maximum atomic E-state index is 10.5. The van der Waals surface area contributed by atoms with E-state index >= 15 is 0 Å². The number of aliphatic hydroxyl groups excluding tert-OH is 1. The van der Waals surface area contributed by atoms with Crippen LogP contribution in [0.25, 0.3) is 0 Å². The van der Waals surface area contributed by atoms with Crippen molar-refractivity contribution in [3.8, 4) is 6.07 Å². The third kappa shape index (κ3) is 1.44. The lowest BCUT2D eigenvalue weighted by atomic mass is 9.95. The molecule has 0 saturated heterocycles. The summed E-state index contributed by atoms with van der Waals surface area (Å²) in [7, 11) is 0. The van der Waals surface area contributed by atoms with E-state index in [0.717, 1.165) is 5.56 Å². The summed E-state index contributed by atoms with van der Waals surface area (Å²) < 4.78 is 0. The minimum Gasteiger partial charge on any atom is -0.396 e. The molecule has 1 aromatic carbocycles. The first kappa shape index (κ1) is 10.6. The summed E-state index contributed by atoms with van der Waals surface area (Å²) in [5.41, 5.74) is 0.127. The van der Waals surface area contributed by atoms with Crippen LogP contribution in [0.3, 0.4) is 0 Å². The highest BCUT2D eigenvalue weighted by Crippen LogP contribution is 2.53. The number of nitro benzene ring substituents is 1. The fraction of sp³-hybridized carbons (Fsp3) is 0.364. The molecule has 0 aromatic heterocycles. The summed E-state index contributed by atoms with van der Waals surface area (Å²) in [5.74, 6) is -0.0426. The second-order valence-corrected chi connectivity index (χ2v) is 3.97. The van der Waals surface area contributed by atoms with Gasteiger partial charge in [0.05, 0.1) is 16.4 Å². The lowest BCUT2D eigenvalue weighted by molar-refractivity contribution is -0.384. The van der Waals surface area contributed by atoms with Gasteiger partial charge in [0, 0.05) is 24.7 Å². The number of nitrogens with zero attached hydrogens (tertiary/aromatic N) is 2. The molecule has 1 aliphatic carbocycles. The van der Waals surface area contributed by atoms with E-state index in [-0.39, 0.29) is 18.2 Å². The van der Waals surface area contributed by atoms with Crippen molar-refractivity contribution in [3.63, 3.8) is 0 Å². The van der Waals surface area contributed by atoms with Crippen molar-refractivity contribution in [2.75, 3.05) is 6.61 Å². The molecule has 0 bridgehead atoms. The number of rotatable bonds is 3. The normalized spacial score (nSPS) is 27.1. The van der Waals surface area contributed by atoms with E-state index in [2.05, 4.69) is 6.07 Å². The van der Waals surface area contributed by atoms with Crippen molar-refractivity contribution in [3.05, 3.63) is 39.9 Å². The third-order valence-electron chi connectivity index (χ3n) is 3.12. The molecule has 0 radical (unpaired) electrons. The first-order chi connectivity index (χ1) is 7.64. The Hall–Kier alpha value is -1.93. The molecule has 0 heterocycles. The van der Waals surface area contributed by atoms with E-state index in [1.165, 1.54) is 12.1 Å². The molecule has 5 heteroatoms. The number of hydrogen-bond donors (Lipinski definition) is 1. The summed E-state index contributed by atoms with van der Waals surface area (Å²) in [6, 6.07) is 8.16. The maximum Gasteiger partial charge on any atom is 0.269 e. The molecule has 2 rings (SSSR count). The Morgan fingerprint density at radius 3 is 2.56 bits per heavy atom. The number of non-ortho nitro benzene ring substituents is 1. The summed E-state index contributed by atoms with van der Waals surface area (Å²) >= 11 is 0. The van der Waals surface area contributed by atoms with Gasteiger partial charge in [0.2, 0.25) is 0 Å². The van der Waals surface area contributed by atoms with Gasteiger partial charge in [0.15, 0.2) is 0 Å². The molecule has 1 fully saturated rings. The predicted molar refractivity (Wildman–Crippen MR) is 55.6 cm³/mol. The van der Waals surface area contributed by atoms with Crippen molar-refractivity contribution < 1.29 is 10.0 Å². The molecule has 2 unspecified atom stereocenters. The highest BCUT2D eigenvalue weighted by molar-refractivity contribution is 5.45. The largest absolute Gasteiger partial charge is 0.396 e. The van der Waals surface area contributed by atoms with Crippen LogP contribution in [0.15, 0.2) is 24.3 Å². The highest BCUT2D eigenvalue weighted by atomic mass is 16.6. The zero-order chi connectivity index (χ0) is 11.8. The molecule has 5 nitrogen and oxygen atoms in total. The van der Waals surface area contributed by atoms with Gasteiger partial charge in [-0.25, -0.2) is 0 Å². The van der Waals surface area contributed by atoms with Crippen molar-refractivity contribution in [1.29, 1.82) is 5.26 Å². The maximum absolute atomic E-state index is 10.5. The van der Waals surface area contributed by atoms with Crippen molar-refractivity contribution in [2.24, 2.45) is 5.92 Å². The van der Waals surface area contributed by atoms with E-state index in [9.17, 15) is 10.1 Å². The number of nitriles is 1. The first-order valence-corrected chi connectivity index (χ1v) is 4.91. The molecule has 82 valence electrons.